The molecule has 0 fully saturated rings. The Hall–Kier alpha value is -5.52. The third-order valence-corrected chi connectivity index (χ3v) is 5.62. The molecule has 192 valence electrons. The average molecular weight is 515 g/mol. The highest BCUT2D eigenvalue weighted by Crippen LogP contribution is 2.31. The van der Waals surface area contributed by atoms with Crippen LogP contribution in [0.4, 0.5) is 17.1 Å². The van der Waals surface area contributed by atoms with Crippen LogP contribution in [0.25, 0.3) is 11.8 Å². The monoisotopic (exact) mass is 515 g/mol. The average Bonchev–Trinajstić information content (AvgIpc) is 3.10. The van der Waals surface area contributed by atoms with Gasteiger partial charge in [0.2, 0.25) is 5.91 Å². The molecular weight excluding hydrogens is 494 g/mol. The molecule has 1 aromatic heterocycles. The molecule has 0 aliphatic heterocycles. The van der Waals surface area contributed by atoms with Crippen molar-refractivity contribution in [3.63, 3.8) is 0 Å². The number of non-ortho nitro benzene ring substituents is 2. The number of rotatable bonds is 8. The van der Waals surface area contributed by atoms with Crippen LogP contribution in [0, 0.1) is 27.2 Å². The third-order valence-electron chi connectivity index (χ3n) is 5.62. The van der Waals surface area contributed by atoms with Crippen LogP contribution >= 0.6 is 0 Å². The van der Waals surface area contributed by atoms with Crippen molar-refractivity contribution >= 4 is 29.0 Å². The molecule has 0 saturated heterocycles. The molecule has 4 aromatic rings. The molecule has 12 nitrogen and oxygen atoms in total. The lowest BCUT2D eigenvalue weighted by atomic mass is 10.2. The smallest absolute Gasteiger partial charge is 0.295 e. The molecule has 0 aliphatic rings. The number of ether oxygens (including phenoxy) is 1. The van der Waals surface area contributed by atoms with Gasteiger partial charge in [-0.3, -0.25) is 34.5 Å². The highest BCUT2D eigenvalue weighted by molar-refractivity contribution is 6.02. The first-order valence-corrected chi connectivity index (χ1v) is 11.2. The number of carbonyl (C=O) groups is 1. The number of aromatic nitrogens is 2. The lowest BCUT2D eigenvalue weighted by Gasteiger charge is -2.07. The van der Waals surface area contributed by atoms with E-state index in [9.17, 15) is 29.8 Å². The van der Waals surface area contributed by atoms with Crippen LogP contribution < -0.4 is 15.6 Å². The van der Waals surface area contributed by atoms with Crippen LogP contribution in [0.15, 0.2) is 83.7 Å². The summed E-state index contributed by atoms with van der Waals surface area (Å²) in [6, 6.07) is 18.4. The Morgan fingerprint density at radius 2 is 1.58 bits per heavy atom. The molecule has 12 heteroatoms. The Balaban J connectivity index is 1.52. The largest absolute Gasteiger partial charge is 0.457 e. The Labute approximate surface area is 215 Å². The highest BCUT2D eigenvalue weighted by atomic mass is 16.6. The van der Waals surface area contributed by atoms with Crippen molar-refractivity contribution in [3.8, 4) is 17.2 Å². The minimum atomic E-state index is -0.749. The van der Waals surface area contributed by atoms with Crippen molar-refractivity contribution in [2.75, 3.05) is 5.32 Å². The first-order valence-electron chi connectivity index (χ1n) is 11.2. The van der Waals surface area contributed by atoms with Gasteiger partial charge in [0.1, 0.15) is 17.2 Å². The van der Waals surface area contributed by atoms with Crippen molar-refractivity contribution in [3.05, 3.63) is 121 Å². The molecule has 0 bridgehead atoms. The van der Waals surface area contributed by atoms with E-state index < -0.39 is 27.1 Å². The molecule has 1 heterocycles. The van der Waals surface area contributed by atoms with Crippen molar-refractivity contribution < 1.29 is 19.4 Å². The fourth-order valence-electron chi connectivity index (χ4n) is 3.70. The Morgan fingerprint density at radius 3 is 2.21 bits per heavy atom. The van der Waals surface area contributed by atoms with Crippen LogP contribution in [0.5, 0.6) is 11.5 Å². The fraction of sp³-hybridized carbons (Fsp3) is 0.0769. The fourth-order valence-corrected chi connectivity index (χ4v) is 3.70. The molecule has 0 unspecified atom stereocenters. The van der Waals surface area contributed by atoms with Gasteiger partial charge in [0, 0.05) is 13.1 Å². The van der Waals surface area contributed by atoms with Crippen LogP contribution in [0.1, 0.15) is 11.3 Å². The zero-order valence-electron chi connectivity index (χ0n) is 20.2. The van der Waals surface area contributed by atoms with Crippen LogP contribution in [0.2, 0.25) is 0 Å². The standard InChI is InChI=1S/C26H21N5O7/c1-17-25(26(33)29(28(17)2)19-8-4-3-5-9-19)27-24(32)12-11-18-7-6-10-22(13-18)38-23-15-20(30(34)35)14-21(16-23)31(36)37/h3-16H,1-2H3,(H,27,32)/b12-11-. The zero-order valence-corrected chi connectivity index (χ0v) is 20.2. The summed E-state index contributed by atoms with van der Waals surface area (Å²) >= 11 is 0. The predicted molar refractivity (Wildman–Crippen MR) is 140 cm³/mol. The van der Waals surface area contributed by atoms with Gasteiger partial charge in [0.05, 0.1) is 39.4 Å². The van der Waals surface area contributed by atoms with Gasteiger partial charge in [0.15, 0.2) is 0 Å². The molecule has 1 amide bonds. The van der Waals surface area contributed by atoms with Crippen LogP contribution in [-0.2, 0) is 11.8 Å². The maximum absolute atomic E-state index is 13.0. The minimum absolute atomic E-state index is 0.0842. The van der Waals surface area contributed by atoms with E-state index in [1.165, 1.54) is 16.8 Å². The summed E-state index contributed by atoms with van der Waals surface area (Å²) in [6.45, 7) is 1.72. The summed E-state index contributed by atoms with van der Waals surface area (Å²) in [4.78, 5) is 46.3. The maximum atomic E-state index is 13.0. The Bertz CT molecular complexity index is 1610. The molecular formula is C26H21N5O7. The Kier molecular flexibility index (Phi) is 7.15. The lowest BCUT2D eigenvalue weighted by Crippen LogP contribution is -2.22. The van der Waals surface area contributed by atoms with E-state index in [1.807, 2.05) is 18.2 Å². The Morgan fingerprint density at radius 1 is 0.921 bits per heavy atom. The number of nitrogens with zero attached hydrogens (tertiary/aromatic N) is 4. The summed E-state index contributed by atoms with van der Waals surface area (Å²) in [6.07, 6.45) is 2.74. The van der Waals surface area contributed by atoms with Crippen molar-refractivity contribution in [2.24, 2.45) is 7.05 Å². The van der Waals surface area contributed by atoms with Gasteiger partial charge in [-0.15, -0.1) is 0 Å². The molecule has 0 spiro atoms. The first-order chi connectivity index (χ1) is 18.1. The van der Waals surface area contributed by atoms with Crippen LogP contribution in [-0.4, -0.2) is 25.1 Å². The summed E-state index contributed by atoms with van der Waals surface area (Å²) in [5, 5.41) is 24.8. The van der Waals surface area contributed by atoms with E-state index in [-0.39, 0.29) is 22.7 Å². The van der Waals surface area contributed by atoms with Crippen molar-refractivity contribution in [1.29, 1.82) is 0 Å². The maximum Gasteiger partial charge on any atom is 0.295 e. The lowest BCUT2D eigenvalue weighted by molar-refractivity contribution is -0.394. The van der Waals surface area contributed by atoms with E-state index >= 15 is 0 Å². The van der Waals surface area contributed by atoms with Gasteiger partial charge in [0.25, 0.3) is 16.9 Å². The van der Waals surface area contributed by atoms with Gasteiger partial charge >= 0.3 is 0 Å². The number of amides is 1. The summed E-state index contributed by atoms with van der Waals surface area (Å²) in [7, 11) is 1.72. The highest BCUT2D eigenvalue weighted by Gasteiger charge is 2.18. The van der Waals surface area contributed by atoms with Gasteiger partial charge < -0.3 is 10.1 Å². The normalized spacial score (nSPS) is 10.9. The number of nitro groups is 2. The molecule has 1 N–H and O–H groups in total. The number of hydrogen-bond donors (Lipinski definition) is 1. The van der Waals surface area contributed by atoms with Gasteiger partial charge in [-0.25, -0.2) is 4.68 Å². The predicted octanol–water partition coefficient (Wildman–Crippen LogP) is 4.75. The first kappa shape index (κ1) is 25.6. The number of anilines is 1. The number of hydrogen-bond acceptors (Lipinski definition) is 7. The van der Waals surface area contributed by atoms with E-state index in [1.54, 1.807) is 55.1 Å². The van der Waals surface area contributed by atoms with Gasteiger partial charge in [-0.05, 0) is 42.8 Å². The molecule has 4 rings (SSSR count). The van der Waals surface area contributed by atoms with E-state index in [2.05, 4.69) is 5.32 Å². The van der Waals surface area contributed by atoms with Crippen molar-refractivity contribution in [1.82, 2.24) is 9.36 Å². The minimum Gasteiger partial charge on any atom is -0.457 e. The topological polar surface area (TPSA) is 152 Å². The summed E-state index contributed by atoms with van der Waals surface area (Å²) in [5.74, 6) is -0.373. The molecule has 0 radical (unpaired) electrons. The SMILES string of the molecule is Cc1c(NC(=O)/C=C\c2cccc(Oc3cc([N+](=O)[O-])cc([N+](=O)[O-])c3)c2)c(=O)n(-c2ccccc2)n1C. The quantitative estimate of drug-likeness (QED) is 0.202. The van der Waals surface area contributed by atoms with Crippen molar-refractivity contribution in [2.45, 2.75) is 6.92 Å². The molecule has 3 aromatic carbocycles. The molecule has 0 aliphatic carbocycles. The van der Waals surface area contributed by atoms with E-state index in [4.69, 9.17) is 4.74 Å². The van der Waals surface area contributed by atoms with E-state index in [0.717, 1.165) is 18.2 Å². The number of para-hydroxylation sites is 1. The second-order valence-electron chi connectivity index (χ2n) is 8.13. The molecule has 38 heavy (non-hydrogen) atoms. The molecule has 0 atom stereocenters. The summed E-state index contributed by atoms with van der Waals surface area (Å²) in [5.41, 5.74) is 0.583. The second-order valence-corrected chi connectivity index (χ2v) is 8.13. The number of benzene rings is 3. The van der Waals surface area contributed by atoms with E-state index in [0.29, 0.717) is 16.9 Å². The third kappa shape index (κ3) is 5.49. The summed E-state index contributed by atoms with van der Waals surface area (Å²) < 4.78 is 8.70. The molecule has 0 saturated carbocycles. The zero-order chi connectivity index (χ0) is 27.4. The number of nitro benzene ring substituents is 2. The number of carbonyl (C=O) groups excluding carboxylic acids is 1. The van der Waals surface area contributed by atoms with Crippen LogP contribution in [0.3, 0.4) is 0 Å². The second kappa shape index (κ2) is 10.6. The van der Waals surface area contributed by atoms with Gasteiger partial charge in [-0.1, -0.05) is 30.3 Å². The number of nitrogens with one attached hydrogen (secondary N) is 1. The van der Waals surface area contributed by atoms with Gasteiger partial charge in [-0.2, -0.15) is 0 Å².